The fourth-order valence-corrected chi connectivity index (χ4v) is 4.48. The Morgan fingerprint density at radius 3 is 2.61 bits per heavy atom. The first-order valence-corrected chi connectivity index (χ1v) is 8.78. The summed E-state index contributed by atoms with van der Waals surface area (Å²) < 4.78 is 2.16. The van der Waals surface area contributed by atoms with Crippen LogP contribution in [-0.4, -0.2) is 40.5 Å². The Hall–Kier alpha value is -1.81. The van der Waals surface area contributed by atoms with Gasteiger partial charge in [0, 0.05) is 41.8 Å². The molecule has 0 radical (unpaired) electrons. The Balaban J connectivity index is 1.56. The number of rotatable bonds is 3. The van der Waals surface area contributed by atoms with E-state index in [-0.39, 0.29) is 5.91 Å². The highest BCUT2D eigenvalue weighted by atomic mass is 16.1. The SMILES string of the molecule is CCn1cc(C(=O)NC2C[C@H]3CC[C@@H](C2)N3C)c2ccccc21. The molecule has 2 aromatic rings. The summed E-state index contributed by atoms with van der Waals surface area (Å²) in [5.74, 6) is 0.0855. The first-order chi connectivity index (χ1) is 11.2. The molecule has 23 heavy (non-hydrogen) atoms. The van der Waals surface area contributed by atoms with Crippen molar-refractivity contribution < 1.29 is 4.79 Å². The maximum absolute atomic E-state index is 12.8. The molecule has 0 aliphatic carbocycles. The summed E-state index contributed by atoms with van der Waals surface area (Å²) >= 11 is 0. The molecular formula is C19H25N3O. The van der Waals surface area contributed by atoms with Gasteiger partial charge in [0.2, 0.25) is 0 Å². The van der Waals surface area contributed by atoms with Crippen molar-refractivity contribution in [3.8, 4) is 0 Å². The molecule has 2 aliphatic heterocycles. The topological polar surface area (TPSA) is 37.3 Å². The van der Waals surface area contributed by atoms with Crippen LogP contribution in [0.5, 0.6) is 0 Å². The van der Waals surface area contributed by atoms with Crippen molar-refractivity contribution in [1.82, 2.24) is 14.8 Å². The predicted octanol–water partition coefficient (Wildman–Crippen LogP) is 3.02. The Morgan fingerprint density at radius 2 is 1.91 bits per heavy atom. The fraction of sp³-hybridized carbons (Fsp3) is 0.526. The van der Waals surface area contributed by atoms with Crippen molar-refractivity contribution >= 4 is 16.8 Å². The number of aryl methyl sites for hydroxylation is 1. The molecule has 4 rings (SSSR count). The summed E-state index contributed by atoms with van der Waals surface area (Å²) in [4.78, 5) is 15.3. The number of fused-ring (bicyclic) bond motifs is 3. The van der Waals surface area contributed by atoms with Crippen LogP contribution in [0.15, 0.2) is 30.5 Å². The molecule has 1 N–H and O–H groups in total. The van der Waals surface area contributed by atoms with Crippen molar-refractivity contribution in [3.63, 3.8) is 0 Å². The Bertz CT molecular complexity index is 721. The van der Waals surface area contributed by atoms with E-state index in [2.05, 4.69) is 40.9 Å². The molecule has 1 amide bonds. The third-order valence-electron chi connectivity index (χ3n) is 5.81. The second-order valence-corrected chi connectivity index (χ2v) is 7.04. The smallest absolute Gasteiger partial charge is 0.253 e. The van der Waals surface area contributed by atoms with E-state index >= 15 is 0 Å². The van der Waals surface area contributed by atoms with E-state index in [9.17, 15) is 4.79 Å². The molecule has 3 heterocycles. The van der Waals surface area contributed by atoms with Crippen LogP contribution >= 0.6 is 0 Å². The number of nitrogens with one attached hydrogen (secondary N) is 1. The molecule has 3 atom stereocenters. The average molecular weight is 311 g/mol. The summed E-state index contributed by atoms with van der Waals surface area (Å²) in [5.41, 5.74) is 1.96. The molecule has 0 spiro atoms. The number of aromatic nitrogens is 1. The van der Waals surface area contributed by atoms with Gasteiger partial charge in [-0.2, -0.15) is 0 Å². The number of benzene rings is 1. The van der Waals surface area contributed by atoms with Gasteiger partial charge in [-0.25, -0.2) is 0 Å². The molecule has 122 valence electrons. The highest BCUT2D eigenvalue weighted by molar-refractivity contribution is 6.07. The minimum Gasteiger partial charge on any atom is -0.349 e. The van der Waals surface area contributed by atoms with E-state index < -0.39 is 0 Å². The molecule has 1 aromatic carbocycles. The van der Waals surface area contributed by atoms with Gasteiger partial charge in [-0.05, 0) is 45.7 Å². The van der Waals surface area contributed by atoms with Gasteiger partial charge in [-0.15, -0.1) is 0 Å². The Morgan fingerprint density at radius 1 is 1.22 bits per heavy atom. The van der Waals surface area contributed by atoms with Gasteiger partial charge in [0.15, 0.2) is 0 Å². The molecule has 2 aliphatic rings. The highest BCUT2D eigenvalue weighted by Gasteiger charge is 2.38. The lowest BCUT2D eigenvalue weighted by molar-refractivity contribution is 0.0884. The standard InChI is InChI=1S/C19H25N3O/c1-3-22-12-17(16-6-4-5-7-18(16)22)19(23)20-13-10-14-8-9-15(11-13)21(14)2/h4-7,12-15H,3,8-11H2,1-2H3,(H,20,23)/t13?,14-,15+. The molecule has 2 bridgehead atoms. The van der Waals surface area contributed by atoms with Gasteiger partial charge in [0.25, 0.3) is 5.91 Å². The second kappa shape index (κ2) is 5.68. The van der Waals surface area contributed by atoms with Gasteiger partial charge in [-0.3, -0.25) is 4.79 Å². The molecule has 4 nitrogen and oxygen atoms in total. The molecule has 1 unspecified atom stereocenters. The van der Waals surface area contributed by atoms with E-state index in [1.165, 1.54) is 12.8 Å². The van der Waals surface area contributed by atoms with Gasteiger partial charge >= 0.3 is 0 Å². The first-order valence-electron chi connectivity index (χ1n) is 8.78. The number of hydrogen-bond donors (Lipinski definition) is 1. The van der Waals surface area contributed by atoms with E-state index in [0.717, 1.165) is 35.9 Å². The van der Waals surface area contributed by atoms with Crippen LogP contribution in [0.4, 0.5) is 0 Å². The zero-order chi connectivity index (χ0) is 16.0. The van der Waals surface area contributed by atoms with Crippen molar-refractivity contribution in [3.05, 3.63) is 36.0 Å². The number of amides is 1. The predicted molar refractivity (Wildman–Crippen MR) is 92.7 cm³/mol. The maximum atomic E-state index is 12.8. The summed E-state index contributed by atoms with van der Waals surface area (Å²) in [6, 6.07) is 9.80. The van der Waals surface area contributed by atoms with Gasteiger partial charge in [0.05, 0.1) is 5.56 Å². The largest absolute Gasteiger partial charge is 0.349 e. The van der Waals surface area contributed by atoms with Gasteiger partial charge < -0.3 is 14.8 Å². The van der Waals surface area contributed by atoms with E-state index in [4.69, 9.17) is 0 Å². The number of piperidine rings is 1. The third kappa shape index (κ3) is 2.45. The monoisotopic (exact) mass is 311 g/mol. The van der Waals surface area contributed by atoms with Gasteiger partial charge in [-0.1, -0.05) is 18.2 Å². The van der Waals surface area contributed by atoms with Crippen molar-refractivity contribution in [1.29, 1.82) is 0 Å². The molecule has 0 saturated carbocycles. The summed E-state index contributed by atoms with van der Waals surface area (Å²) in [6.07, 6.45) is 6.74. The van der Waals surface area contributed by atoms with Crippen LogP contribution < -0.4 is 5.32 Å². The van der Waals surface area contributed by atoms with Crippen LogP contribution in [0, 0.1) is 0 Å². The zero-order valence-corrected chi connectivity index (χ0v) is 14.0. The number of carbonyl (C=O) groups excluding carboxylic acids is 1. The van der Waals surface area contributed by atoms with Crippen molar-refractivity contribution in [2.45, 2.75) is 57.3 Å². The second-order valence-electron chi connectivity index (χ2n) is 7.04. The lowest BCUT2D eigenvalue weighted by atomic mass is 9.97. The number of nitrogens with zero attached hydrogens (tertiary/aromatic N) is 2. The number of hydrogen-bond acceptors (Lipinski definition) is 2. The summed E-state index contributed by atoms with van der Waals surface area (Å²) in [7, 11) is 2.23. The van der Waals surface area contributed by atoms with E-state index in [1.807, 2.05) is 18.3 Å². The van der Waals surface area contributed by atoms with Gasteiger partial charge in [0.1, 0.15) is 0 Å². The van der Waals surface area contributed by atoms with Crippen LogP contribution in [0.1, 0.15) is 43.0 Å². The minimum atomic E-state index is 0.0855. The Kier molecular flexibility index (Phi) is 3.64. The first kappa shape index (κ1) is 14.8. The average Bonchev–Trinajstić information content (AvgIpc) is 3.01. The van der Waals surface area contributed by atoms with E-state index in [0.29, 0.717) is 18.1 Å². The highest BCUT2D eigenvalue weighted by Crippen LogP contribution is 2.34. The van der Waals surface area contributed by atoms with Crippen LogP contribution in [0.25, 0.3) is 10.9 Å². The Labute approximate surface area is 137 Å². The van der Waals surface area contributed by atoms with Crippen LogP contribution in [0.2, 0.25) is 0 Å². The van der Waals surface area contributed by atoms with Crippen LogP contribution in [0.3, 0.4) is 0 Å². The fourth-order valence-electron chi connectivity index (χ4n) is 4.48. The zero-order valence-electron chi connectivity index (χ0n) is 14.0. The summed E-state index contributed by atoms with van der Waals surface area (Å²) in [6.45, 7) is 2.99. The minimum absolute atomic E-state index is 0.0855. The number of carbonyl (C=O) groups is 1. The van der Waals surface area contributed by atoms with E-state index in [1.54, 1.807) is 0 Å². The van der Waals surface area contributed by atoms with Crippen molar-refractivity contribution in [2.24, 2.45) is 0 Å². The molecule has 2 fully saturated rings. The normalized spacial score (nSPS) is 27.5. The molecule has 2 saturated heterocycles. The molecule has 4 heteroatoms. The third-order valence-corrected chi connectivity index (χ3v) is 5.81. The lowest BCUT2D eigenvalue weighted by Crippen LogP contribution is -2.48. The maximum Gasteiger partial charge on any atom is 0.253 e. The number of para-hydroxylation sites is 1. The summed E-state index contributed by atoms with van der Waals surface area (Å²) in [5, 5.41) is 4.37. The lowest BCUT2D eigenvalue weighted by Gasteiger charge is -2.36. The molecule has 1 aromatic heterocycles. The quantitative estimate of drug-likeness (QED) is 0.946. The van der Waals surface area contributed by atoms with Crippen LogP contribution in [-0.2, 0) is 6.54 Å². The molecular weight excluding hydrogens is 286 g/mol. The van der Waals surface area contributed by atoms with Crippen molar-refractivity contribution in [2.75, 3.05) is 7.05 Å².